The number of hydrogen-bond donors (Lipinski definition) is 2. The third kappa shape index (κ3) is 4.18. The standard InChI is InChI=1S/C24H30N6S/c1-2-3-7-20-28-21-22(23-19(8-13-31-23)27-24(21)25)30(20)16-18-6-4-5-17(14-18)15-29-11-9-26-10-12-29/h4-6,8,13-14,26H,2-3,7,9-12,15-16H2,1H3,(H2,25,27). The first-order valence-corrected chi connectivity index (χ1v) is 12.1. The number of piperazine rings is 1. The van der Waals surface area contributed by atoms with Gasteiger partial charge in [-0.25, -0.2) is 9.97 Å². The highest BCUT2D eigenvalue weighted by molar-refractivity contribution is 7.18. The second-order valence-corrected chi connectivity index (χ2v) is 9.31. The molecule has 0 unspecified atom stereocenters. The van der Waals surface area contributed by atoms with Crippen LogP contribution in [0, 0.1) is 0 Å². The van der Waals surface area contributed by atoms with E-state index in [0.29, 0.717) is 5.82 Å². The zero-order chi connectivity index (χ0) is 21.2. The van der Waals surface area contributed by atoms with Gasteiger partial charge in [0.05, 0.1) is 15.7 Å². The van der Waals surface area contributed by atoms with E-state index in [1.807, 2.05) is 6.07 Å². The molecule has 162 valence electrons. The zero-order valence-electron chi connectivity index (χ0n) is 18.1. The Balaban J connectivity index is 1.52. The number of imidazole rings is 1. The van der Waals surface area contributed by atoms with E-state index in [0.717, 1.165) is 80.9 Å². The quantitative estimate of drug-likeness (QED) is 0.460. The monoisotopic (exact) mass is 434 g/mol. The van der Waals surface area contributed by atoms with Gasteiger partial charge < -0.3 is 15.6 Å². The van der Waals surface area contributed by atoms with E-state index in [4.69, 9.17) is 10.7 Å². The number of hydrogen-bond acceptors (Lipinski definition) is 6. The van der Waals surface area contributed by atoms with E-state index < -0.39 is 0 Å². The van der Waals surface area contributed by atoms with E-state index in [9.17, 15) is 0 Å². The van der Waals surface area contributed by atoms with E-state index in [2.05, 4.69) is 56.3 Å². The molecule has 0 spiro atoms. The van der Waals surface area contributed by atoms with E-state index >= 15 is 0 Å². The van der Waals surface area contributed by atoms with Crippen molar-refractivity contribution in [2.24, 2.45) is 0 Å². The lowest BCUT2D eigenvalue weighted by atomic mass is 10.1. The molecule has 0 amide bonds. The number of anilines is 1. The maximum absolute atomic E-state index is 6.32. The lowest BCUT2D eigenvalue weighted by molar-refractivity contribution is 0.233. The first-order chi connectivity index (χ1) is 15.2. The highest BCUT2D eigenvalue weighted by Crippen LogP contribution is 2.33. The number of nitrogens with zero attached hydrogens (tertiary/aromatic N) is 4. The zero-order valence-corrected chi connectivity index (χ0v) is 18.9. The van der Waals surface area contributed by atoms with Crippen molar-refractivity contribution in [2.75, 3.05) is 31.9 Å². The molecule has 1 aliphatic rings. The topological polar surface area (TPSA) is 72.0 Å². The molecule has 1 aromatic carbocycles. The van der Waals surface area contributed by atoms with Gasteiger partial charge in [0.15, 0.2) is 5.82 Å². The van der Waals surface area contributed by atoms with Crippen LogP contribution >= 0.6 is 11.3 Å². The number of fused-ring (bicyclic) bond motifs is 3. The van der Waals surface area contributed by atoms with Crippen LogP contribution in [0.5, 0.6) is 0 Å². The molecule has 0 aliphatic carbocycles. The largest absolute Gasteiger partial charge is 0.382 e. The lowest BCUT2D eigenvalue weighted by Gasteiger charge is -2.27. The number of pyridine rings is 1. The van der Waals surface area contributed by atoms with Crippen LogP contribution in [0.3, 0.4) is 0 Å². The Kier molecular flexibility index (Phi) is 5.89. The van der Waals surface area contributed by atoms with E-state index in [1.54, 1.807) is 11.3 Å². The minimum Gasteiger partial charge on any atom is -0.382 e. The van der Waals surface area contributed by atoms with E-state index in [1.165, 1.54) is 15.8 Å². The normalized spacial score (nSPS) is 15.3. The van der Waals surface area contributed by atoms with Crippen LogP contribution in [0.15, 0.2) is 35.7 Å². The molecular formula is C24H30N6S. The average molecular weight is 435 g/mol. The summed E-state index contributed by atoms with van der Waals surface area (Å²) in [5, 5.41) is 5.52. The number of unbranched alkanes of at least 4 members (excludes halogenated alkanes) is 1. The molecule has 4 aromatic rings. The Hall–Kier alpha value is -2.48. The molecule has 1 fully saturated rings. The van der Waals surface area contributed by atoms with Crippen molar-refractivity contribution >= 4 is 38.4 Å². The number of benzene rings is 1. The molecule has 1 aliphatic heterocycles. The minimum absolute atomic E-state index is 0.532. The molecule has 0 saturated carbocycles. The van der Waals surface area contributed by atoms with E-state index in [-0.39, 0.29) is 0 Å². The SMILES string of the molecule is CCCCc1nc2c(N)nc3ccsc3c2n1Cc1cccc(CN2CCNCC2)c1. The average Bonchev–Trinajstić information content (AvgIpc) is 3.38. The molecule has 3 aromatic heterocycles. The van der Waals surface area contributed by atoms with Crippen LogP contribution in [0.4, 0.5) is 5.82 Å². The highest BCUT2D eigenvalue weighted by Gasteiger charge is 2.18. The number of nitrogen functional groups attached to an aromatic ring is 1. The fraction of sp³-hybridized carbons (Fsp3) is 0.417. The van der Waals surface area contributed by atoms with Gasteiger partial charge in [0.25, 0.3) is 0 Å². The molecule has 5 rings (SSSR count). The summed E-state index contributed by atoms with van der Waals surface area (Å²) in [5.74, 6) is 1.64. The number of aryl methyl sites for hydroxylation is 1. The number of nitrogens with two attached hydrogens (primary N) is 1. The molecule has 0 bridgehead atoms. The molecule has 6 nitrogen and oxygen atoms in total. The molecule has 0 atom stereocenters. The minimum atomic E-state index is 0.532. The number of nitrogens with one attached hydrogen (secondary N) is 1. The van der Waals surface area contributed by atoms with Crippen molar-refractivity contribution in [3.05, 3.63) is 52.7 Å². The van der Waals surface area contributed by atoms with Crippen LogP contribution < -0.4 is 11.1 Å². The molecule has 4 heterocycles. The van der Waals surface area contributed by atoms with Crippen molar-refractivity contribution < 1.29 is 0 Å². The van der Waals surface area contributed by atoms with Crippen molar-refractivity contribution in [2.45, 2.75) is 39.3 Å². The molecular weight excluding hydrogens is 404 g/mol. The Bertz CT molecular complexity index is 1190. The summed E-state index contributed by atoms with van der Waals surface area (Å²) in [7, 11) is 0. The van der Waals surface area contributed by atoms with Crippen LogP contribution in [0.25, 0.3) is 21.3 Å². The van der Waals surface area contributed by atoms with Crippen molar-refractivity contribution in [1.29, 1.82) is 0 Å². The molecule has 31 heavy (non-hydrogen) atoms. The summed E-state index contributed by atoms with van der Waals surface area (Å²) >= 11 is 1.72. The molecule has 7 heteroatoms. The predicted octanol–water partition coefficient (Wildman–Crippen LogP) is 4.02. The van der Waals surface area contributed by atoms with Crippen LogP contribution in [-0.4, -0.2) is 45.6 Å². The Morgan fingerprint density at radius 2 is 1.90 bits per heavy atom. The summed E-state index contributed by atoms with van der Waals surface area (Å²) < 4.78 is 3.56. The van der Waals surface area contributed by atoms with Gasteiger partial charge in [-0.1, -0.05) is 37.6 Å². The van der Waals surface area contributed by atoms with Crippen molar-refractivity contribution in [1.82, 2.24) is 24.8 Å². The summed E-state index contributed by atoms with van der Waals surface area (Å²) in [6.07, 6.45) is 3.22. The fourth-order valence-electron chi connectivity index (χ4n) is 4.49. The third-order valence-electron chi connectivity index (χ3n) is 6.09. The lowest BCUT2D eigenvalue weighted by Crippen LogP contribution is -2.42. The molecule has 0 radical (unpaired) electrons. The number of aromatic nitrogens is 3. The summed E-state index contributed by atoms with van der Waals surface area (Å²) in [6, 6.07) is 11.1. The first-order valence-electron chi connectivity index (χ1n) is 11.3. The second-order valence-electron chi connectivity index (χ2n) is 8.39. The maximum Gasteiger partial charge on any atom is 0.152 e. The first kappa shape index (κ1) is 20.4. The Labute approximate surface area is 187 Å². The number of thiophene rings is 1. The predicted molar refractivity (Wildman–Crippen MR) is 130 cm³/mol. The number of rotatable bonds is 7. The molecule has 3 N–H and O–H groups in total. The highest BCUT2D eigenvalue weighted by atomic mass is 32.1. The van der Waals surface area contributed by atoms with Gasteiger partial charge in [-0.15, -0.1) is 11.3 Å². The van der Waals surface area contributed by atoms with Gasteiger partial charge >= 0.3 is 0 Å². The van der Waals surface area contributed by atoms with Gasteiger partial charge in [0.1, 0.15) is 11.3 Å². The van der Waals surface area contributed by atoms with Gasteiger partial charge in [0, 0.05) is 45.7 Å². The van der Waals surface area contributed by atoms with Gasteiger partial charge in [-0.05, 0) is 29.0 Å². The second kappa shape index (κ2) is 8.94. The van der Waals surface area contributed by atoms with Crippen molar-refractivity contribution in [3.8, 4) is 0 Å². The van der Waals surface area contributed by atoms with Gasteiger partial charge in [-0.2, -0.15) is 0 Å². The van der Waals surface area contributed by atoms with Crippen LogP contribution in [-0.2, 0) is 19.5 Å². The fourth-order valence-corrected chi connectivity index (χ4v) is 5.38. The smallest absolute Gasteiger partial charge is 0.152 e. The molecule has 1 saturated heterocycles. The maximum atomic E-state index is 6.32. The van der Waals surface area contributed by atoms with Crippen molar-refractivity contribution in [3.63, 3.8) is 0 Å². The van der Waals surface area contributed by atoms with Crippen LogP contribution in [0.2, 0.25) is 0 Å². The Morgan fingerprint density at radius 1 is 1.10 bits per heavy atom. The summed E-state index contributed by atoms with van der Waals surface area (Å²) in [5.41, 5.74) is 12.0. The van der Waals surface area contributed by atoms with Gasteiger partial charge in [0.2, 0.25) is 0 Å². The summed E-state index contributed by atoms with van der Waals surface area (Å²) in [6.45, 7) is 8.41. The summed E-state index contributed by atoms with van der Waals surface area (Å²) in [4.78, 5) is 12.1. The Morgan fingerprint density at radius 3 is 2.71 bits per heavy atom. The van der Waals surface area contributed by atoms with Gasteiger partial charge in [-0.3, -0.25) is 4.90 Å². The third-order valence-corrected chi connectivity index (χ3v) is 7.00. The van der Waals surface area contributed by atoms with Crippen LogP contribution in [0.1, 0.15) is 36.7 Å².